The fourth-order valence-corrected chi connectivity index (χ4v) is 3.07. The second kappa shape index (κ2) is 6.38. The number of likely N-dealkylation sites (tertiary alicyclic amines) is 1. The van der Waals surface area contributed by atoms with Crippen molar-refractivity contribution in [3.8, 4) is 0 Å². The maximum Gasteiger partial charge on any atom is 0.317 e. The highest BCUT2D eigenvalue weighted by atomic mass is 16.2. The first-order valence-corrected chi connectivity index (χ1v) is 8.07. The maximum absolute atomic E-state index is 12.5. The molecule has 1 saturated carbocycles. The zero-order chi connectivity index (χ0) is 15.5. The number of nitrogens with one attached hydrogen (secondary N) is 2. The number of hydrogen-bond acceptors (Lipinski definition) is 2. The molecular formula is C17H23N3O2. The summed E-state index contributed by atoms with van der Waals surface area (Å²) >= 11 is 0. The number of carbonyl (C=O) groups excluding carboxylic acids is 2. The molecule has 0 radical (unpaired) electrons. The van der Waals surface area contributed by atoms with Crippen molar-refractivity contribution in [3.05, 3.63) is 35.9 Å². The lowest BCUT2D eigenvalue weighted by atomic mass is 9.88. The van der Waals surface area contributed by atoms with Gasteiger partial charge in [0.15, 0.2) is 0 Å². The summed E-state index contributed by atoms with van der Waals surface area (Å²) in [6.07, 6.45) is 2.16. The van der Waals surface area contributed by atoms with Crippen molar-refractivity contribution in [1.29, 1.82) is 0 Å². The number of urea groups is 1. The van der Waals surface area contributed by atoms with Crippen LogP contribution < -0.4 is 10.6 Å². The molecule has 1 saturated heterocycles. The first kappa shape index (κ1) is 14.9. The number of hydrogen-bond donors (Lipinski definition) is 2. The molecule has 5 heteroatoms. The van der Waals surface area contributed by atoms with Crippen LogP contribution in [0.25, 0.3) is 0 Å². The van der Waals surface area contributed by atoms with Crippen LogP contribution in [0, 0.1) is 5.92 Å². The van der Waals surface area contributed by atoms with Gasteiger partial charge in [0.2, 0.25) is 5.91 Å². The highest BCUT2D eigenvalue weighted by molar-refractivity contribution is 5.83. The highest BCUT2D eigenvalue weighted by Crippen LogP contribution is 2.33. The van der Waals surface area contributed by atoms with Crippen LogP contribution in [0.15, 0.2) is 30.3 Å². The van der Waals surface area contributed by atoms with E-state index in [0.29, 0.717) is 25.7 Å². The number of benzene rings is 1. The van der Waals surface area contributed by atoms with Crippen LogP contribution in [0.3, 0.4) is 0 Å². The van der Waals surface area contributed by atoms with Gasteiger partial charge >= 0.3 is 6.03 Å². The lowest BCUT2D eigenvalue weighted by Crippen LogP contribution is -2.40. The normalized spacial score (nSPS) is 24.1. The first-order valence-electron chi connectivity index (χ1n) is 8.07. The molecule has 5 nitrogen and oxygen atoms in total. The predicted octanol–water partition coefficient (Wildman–Crippen LogP) is 1.71. The standard InChI is InChI=1S/C17H23N3O2/c1-2-18-17(22)20-10-14(12-6-4-3-5-7-12)15(11-20)16(21)19-13-8-9-13/h3-7,13-15H,2,8-11H2,1H3,(H,18,22)(H,19,21)/t14-,15-/m0/s1. The molecule has 0 aromatic heterocycles. The van der Waals surface area contributed by atoms with Gasteiger partial charge in [-0.3, -0.25) is 4.79 Å². The van der Waals surface area contributed by atoms with Crippen LogP contribution in [-0.2, 0) is 4.79 Å². The Balaban J connectivity index is 1.76. The molecule has 2 fully saturated rings. The molecule has 2 N–H and O–H groups in total. The Kier molecular flexibility index (Phi) is 4.32. The quantitative estimate of drug-likeness (QED) is 0.889. The van der Waals surface area contributed by atoms with Gasteiger partial charge in [-0.2, -0.15) is 0 Å². The summed E-state index contributed by atoms with van der Waals surface area (Å²) in [4.78, 5) is 26.4. The summed E-state index contributed by atoms with van der Waals surface area (Å²) in [5, 5.41) is 5.92. The van der Waals surface area contributed by atoms with Crippen molar-refractivity contribution in [1.82, 2.24) is 15.5 Å². The summed E-state index contributed by atoms with van der Waals surface area (Å²) in [5.74, 6) is -0.00341. The molecule has 0 bridgehead atoms. The van der Waals surface area contributed by atoms with Crippen molar-refractivity contribution >= 4 is 11.9 Å². The van der Waals surface area contributed by atoms with Gasteiger partial charge in [-0.25, -0.2) is 4.79 Å². The van der Waals surface area contributed by atoms with Crippen LogP contribution in [0.4, 0.5) is 4.79 Å². The minimum Gasteiger partial charge on any atom is -0.353 e. The average Bonchev–Trinajstić information content (AvgIpc) is 3.22. The van der Waals surface area contributed by atoms with E-state index in [2.05, 4.69) is 10.6 Å². The molecule has 3 rings (SSSR count). The third-order valence-corrected chi connectivity index (χ3v) is 4.42. The molecular weight excluding hydrogens is 278 g/mol. The van der Waals surface area contributed by atoms with Crippen molar-refractivity contribution in [2.24, 2.45) is 5.92 Å². The van der Waals surface area contributed by atoms with Crippen molar-refractivity contribution < 1.29 is 9.59 Å². The van der Waals surface area contributed by atoms with Crippen LogP contribution in [0.1, 0.15) is 31.2 Å². The molecule has 0 unspecified atom stereocenters. The van der Waals surface area contributed by atoms with E-state index in [9.17, 15) is 9.59 Å². The number of amides is 3. The molecule has 3 amide bonds. The van der Waals surface area contributed by atoms with Crippen molar-refractivity contribution in [2.45, 2.75) is 31.7 Å². The monoisotopic (exact) mass is 301 g/mol. The predicted molar refractivity (Wildman–Crippen MR) is 84.5 cm³/mol. The zero-order valence-corrected chi connectivity index (χ0v) is 12.9. The van der Waals surface area contributed by atoms with Gasteiger partial charge in [0, 0.05) is 31.6 Å². The average molecular weight is 301 g/mol. The molecule has 2 aliphatic rings. The third kappa shape index (κ3) is 3.24. The molecule has 1 aliphatic carbocycles. The van der Waals surface area contributed by atoms with Crippen LogP contribution in [-0.4, -0.2) is 42.5 Å². The van der Waals surface area contributed by atoms with Crippen molar-refractivity contribution in [2.75, 3.05) is 19.6 Å². The Bertz CT molecular complexity index is 542. The van der Waals surface area contributed by atoms with Gasteiger partial charge in [0.25, 0.3) is 0 Å². The van der Waals surface area contributed by atoms with Gasteiger partial charge in [-0.15, -0.1) is 0 Å². The number of carbonyl (C=O) groups is 2. The second-order valence-electron chi connectivity index (χ2n) is 6.15. The topological polar surface area (TPSA) is 61.4 Å². The first-order chi connectivity index (χ1) is 10.7. The maximum atomic E-state index is 12.5. The van der Waals surface area contributed by atoms with Gasteiger partial charge in [-0.05, 0) is 25.3 Å². The molecule has 1 aliphatic heterocycles. The van der Waals surface area contributed by atoms with E-state index < -0.39 is 0 Å². The minimum atomic E-state index is -0.161. The molecule has 2 atom stereocenters. The second-order valence-corrected chi connectivity index (χ2v) is 6.15. The van der Waals surface area contributed by atoms with Crippen LogP contribution >= 0.6 is 0 Å². The Labute approximate surface area is 131 Å². The summed E-state index contributed by atoms with van der Waals surface area (Å²) in [5.41, 5.74) is 1.13. The summed E-state index contributed by atoms with van der Waals surface area (Å²) < 4.78 is 0. The third-order valence-electron chi connectivity index (χ3n) is 4.42. The zero-order valence-electron chi connectivity index (χ0n) is 12.9. The summed E-state index contributed by atoms with van der Waals surface area (Å²) in [6.45, 7) is 3.59. The minimum absolute atomic E-state index is 0.0718. The van der Waals surface area contributed by atoms with Gasteiger partial charge < -0.3 is 15.5 Å². The molecule has 1 aromatic carbocycles. The SMILES string of the molecule is CCNC(=O)N1C[C@H](C(=O)NC2CC2)[C@H](c2ccccc2)C1. The fraction of sp³-hybridized carbons (Fsp3) is 0.529. The molecule has 0 spiro atoms. The molecule has 1 aromatic rings. The fourth-order valence-electron chi connectivity index (χ4n) is 3.07. The lowest BCUT2D eigenvalue weighted by molar-refractivity contribution is -0.125. The van der Waals surface area contributed by atoms with Gasteiger partial charge in [0.1, 0.15) is 0 Å². The molecule has 118 valence electrons. The number of rotatable bonds is 4. The summed E-state index contributed by atoms with van der Waals surface area (Å²) in [6, 6.07) is 10.3. The van der Waals surface area contributed by atoms with E-state index in [4.69, 9.17) is 0 Å². The van der Waals surface area contributed by atoms with Crippen LogP contribution in [0.5, 0.6) is 0 Å². The number of nitrogens with zero attached hydrogens (tertiary/aromatic N) is 1. The van der Waals surface area contributed by atoms with E-state index in [1.165, 1.54) is 0 Å². The smallest absolute Gasteiger partial charge is 0.317 e. The van der Waals surface area contributed by atoms with E-state index >= 15 is 0 Å². The highest BCUT2D eigenvalue weighted by Gasteiger charge is 2.41. The largest absolute Gasteiger partial charge is 0.353 e. The Morgan fingerprint density at radius 2 is 1.91 bits per heavy atom. The van der Waals surface area contributed by atoms with Gasteiger partial charge in [-0.1, -0.05) is 30.3 Å². The molecule has 1 heterocycles. The Hall–Kier alpha value is -2.04. The van der Waals surface area contributed by atoms with E-state index in [0.717, 1.165) is 18.4 Å². The Morgan fingerprint density at radius 3 is 2.55 bits per heavy atom. The van der Waals surface area contributed by atoms with E-state index in [1.807, 2.05) is 37.3 Å². The molecule has 22 heavy (non-hydrogen) atoms. The van der Waals surface area contributed by atoms with Crippen LogP contribution in [0.2, 0.25) is 0 Å². The summed E-state index contributed by atoms with van der Waals surface area (Å²) in [7, 11) is 0. The van der Waals surface area contributed by atoms with Crippen molar-refractivity contribution in [3.63, 3.8) is 0 Å². The Morgan fingerprint density at radius 1 is 1.18 bits per heavy atom. The van der Waals surface area contributed by atoms with E-state index in [1.54, 1.807) is 4.90 Å². The lowest BCUT2D eigenvalue weighted by Gasteiger charge is -2.17. The van der Waals surface area contributed by atoms with E-state index in [-0.39, 0.29) is 23.8 Å². The van der Waals surface area contributed by atoms with Gasteiger partial charge in [0.05, 0.1) is 5.92 Å².